The Bertz CT molecular complexity index is 2660. The first-order valence-electron chi connectivity index (χ1n) is 18.0. The number of rotatable bonds is 9. The summed E-state index contributed by atoms with van der Waals surface area (Å²) in [7, 11) is -0.690. The van der Waals surface area contributed by atoms with Gasteiger partial charge in [0.05, 0.1) is 10.9 Å². The van der Waals surface area contributed by atoms with Gasteiger partial charge in [-0.25, -0.2) is 87.8 Å². The van der Waals surface area contributed by atoms with Crippen molar-refractivity contribution in [1.82, 2.24) is 0 Å². The van der Waals surface area contributed by atoms with E-state index in [1.54, 1.807) is 12.1 Å². The Morgan fingerprint density at radius 1 is 0.358 bits per heavy atom. The van der Waals surface area contributed by atoms with Crippen LogP contribution < -0.4 is 21.9 Å². The van der Waals surface area contributed by atoms with Crippen LogP contribution in [0.25, 0.3) is 11.1 Å². The Morgan fingerprint density at radius 2 is 0.597 bits per heavy atom. The molecule has 0 saturated heterocycles. The number of carbonyl (C=O) groups is 1. The average Bonchev–Trinajstić information content (AvgIpc) is 3.59. The molecule has 1 atom stereocenters. The number of halogens is 21. The molecule has 1 unspecified atom stereocenters. The predicted octanol–water partition coefficient (Wildman–Crippen LogP) is 10.4. The van der Waals surface area contributed by atoms with Gasteiger partial charge in [0, 0.05) is 17.7 Å². The lowest BCUT2D eigenvalue weighted by Gasteiger charge is -2.44. The predicted molar refractivity (Wildman–Crippen MR) is 200 cm³/mol. The van der Waals surface area contributed by atoms with Gasteiger partial charge in [-0.15, -0.1) is 21.9 Å². The van der Waals surface area contributed by atoms with Gasteiger partial charge in [0.15, 0.2) is 80.5 Å². The molecule has 0 fully saturated rings. The monoisotopic (exact) mass is 990 g/mol. The van der Waals surface area contributed by atoms with E-state index < -0.39 is 161 Å². The standard InChI is InChI=1S/C24BF20.C19H16FOS/c26-5-1(6(27)14(35)21(42)13(5)34)25(2-7(28)15(36)22(43)16(37)8(2)29,3-9(30)17(38)23(44)18(39)10(3)31)4-11(32)19(40)24(45)20(41)12(4)33;20-14-22(13-19(21)15-7-3-1-4-8-15)18-11-16-9-5-2-6-10-17(16)12-18/h;1-12H,13-14H2/q-1;+1. The molecule has 1 nitrogen and oxygen atoms in total. The van der Waals surface area contributed by atoms with Gasteiger partial charge in [-0.1, -0.05) is 60.7 Å². The second kappa shape index (κ2) is 19.0. The Hall–Kier alpha value is -6.59. The zero-order valence-corrected chi connectivity index (χ0v) is 33.0. The molecule has 0 aromatic heterocycles. The van der Waals surface area contributed by atoms with Crippen LogP contribution in [-0.4, -0.2) is 23.7 Å². The Kier molecular flexibility index (Phi) is 14.1. The summed E-state index contributed by atoms with van der Waals surface area (Å²) in [5.74, 6) is -71.2. The molecular weight excluding hydrogens is 974 g/mol. The lowest BCUT2D eigenvalue weighted by Crippen LogP contribution is -2.81. The molecule has 0 radical (unpaired) electrons. The van der Waals surface area contributed by atoms with Gasteiger partial charge in [0.25, 0.3) is 6.01 Å². The topological polar surface area (TPSA) is 17.1 Å². The van der Waals surface area contributed by atoms with Gasteiger partial charge in [-0.05, 0) is 11.1 Å². The maximum Gasteiger partial charge on any atom is 0.251 e. The lowest BCUT2D eigenvalue weighted by molar-refractivity contribution is 0.102. The van der Waals surface area contributed by atoms with Crippen molar-refractivity contribution in [3.8, 4) is 11.1 Å². The second-order valence-corrected chi connectivity index (χ2v) is 15.8. The third kappa shape index (κ3) is 8.11. The fourth-order valence-corrected chi connectivity index (χ4v) is 8.72. The summed E-state index contributed by atoms with van der Waals surface area (Å²) >= 11 is 0. The minimum absolute atomic E-state index is 0.00241. The first kappa shape index (κ1) is 49.8. The van der Waals surface area contributed by atoms with E-state index in [0.717, 1.165) is 16.0 Å². The van der Waals surface area contributed by atoms with Gasteiger partial charge >= 0.3 is 0 Å². The highest BCUT2D eigenvalue weighted by Gasteiger charge is 2.52. The number of hydrogen-bond acceptors (Lipinski definition) is 1. The summed E-state index contributed by atoms with van der Waals surface area (Å²) in [6.07, 6.45) is -7.22. The molecule has 5 aromatic carbocycles. The van der Waals surface area contributed by atoms with Crippen molar-refractivity contribution >= 4 is 44.7 Å². The van der Waals surface area contributed by atoms with Crippen molar-refractivity contribution in [2.45, 2.75) is 4.90 Å². The van der Waals surface area contributed by atoms with Crippen molar-refractivity contribution in [3.63, 3.8) is 0 Å². The Labute approximate surface area is 363 Å². The molecule has 67 heavy (non-hydrogen) atoms. The van der Waals surface area contributed by atoms with Crippen LogP contribution in [0.5, 0.6) is 0 Å². The van der Waals surface area contributed by atoms with E-state index in [2.05, 4.69) is 0 Å². The van der Waals surface area contributed by atoms with Crippen molar-refractivity contribution in [1.29, 1.82) is 0 Å². The number of Topliss-reactive ketones (excluding diaryl/α,β-unsaturated/α-hetero) is 1. The maximum atomic E-state index is 15.4. The van der Waals surface area contributed by atoms with Gasteiger partial charge < -0.3 is 0 Å². The molecule has 0 N–H and O–H groups in total. The Morgan fingerprint density at radius 3 is 0.851 bits per heavy atom. The first-order chi connectivity index (χ1) is 31.5. The SMILES string of the molecule is Fc1c(F)c(F)c([B-](c2c(F)c(F)c(F)c(F)c2F)(c2c(F)c(F)c(F)c(F)c2F)c2c(F)c(F)c(F)c(F)c2F)c(F)c1F.O=C(C[S+](CF)c1cc2cccccc-2c1)c1ccccc1. The molecule has 0 spiro atoms. The number of ketones is 1. The highest BCUT2D eigenvalue weighted by Crippen LogP contribution is 2.32. The lowest BCUT2D eigenvalue weighted by atomic mass is 9.12. The number of benzene rings is 5. The molecule has 0 bridgehead atoms. The fourth-order valence-electron chi connectivity index (χ4n) is 7.28. The summed E-state index contributed by atoms with van der Waals surface area (Å²) in [6.45, 7) is 0. The van der Waals surface area contributed by atoms with Crippen LogP contribution in [0, 0.1) is 116 Å². The zero-order valence-electron chi connectivity index (χ0n) is 32.2. The Balaban J connectivity index is 0.000000279. The van der Waals surface area contributed by atoms with Crippen molar-refractivity contribution < 1.29 is 97.0 Å². The summed E-state index contributed by atoms with van der Waals surface area (Å²) in [6, 6.07) is 22.5. The van der Waals surface area contributed by atoms with Crippen LogP contribution in [-0.2, 0) is 10.9 Å². The third-order valence-corrected chi connectivity index (χ3v) is 12.1. The number of alkyl halides is 1. The van der Waals surface area contributed by atoms with E-state index in [-0.39, 0.29) is 11.5 Å². The minimum atomic E-state index is -7.22. The van der Waals surface area contributed by atoms with Crippen LogP contribution >= 0.6 is 0 Å². The van der Waals surface area contributed by atoms with E-state index in [1.807, 2.05) is 60.7 Å². The average molecular weight is 990 g/mol. The van der Waals surface area contributed by atoms with Crippen LogP contribution in [0.15, 0.2) is 77.7 Å². The van der Waals surface area contributed by atoms with Crippen molar-refractivity contribution in [2.24, 2.45) is 0 Å². The number of carbonyl (C=O) groups excluding carboxylic acids is 1. The van der Waals surface area contributed by atoms with Crippen LogP contribution in [0.4, 0.5) is 92.2 Å². The van der Waals surface area contributed by atoms with E-state index in [0.29, 0.717) is 5.56 Å². The third-order valence-electron chi connectivity index (χ3n) is 10.3. The zero-order chi connectivity index (χ0) is 49.7. The van der Waals surface area contributed by atoms with Crippen molar-refractivity contribution in [3.05, 3.63) is 195 Å². The quantitative estimate of drug-likeness (QED) is 0.0352. The van der Waals surface area contributed by atoms with Crippen LogP contribution in [0.3, 0.4) is 0 Å². The van der Waals surface area contributed by atoms with E-state index in [4.69, 9.17) is 0 Å². The molecule has 0 aliphatic heterocycles. The minimum Gasteiger partial charge on any atom is -0.289 e. The number of fused-ring (bicyclic) bond motifs is 1. The fraction of sp³-hybridized carbons (Fsp3) is 0.0465. The van der Waals surface area contributed by atoms with Crippen molar-refractivity contribution in [2.75, 3.05) is 11.8 Å². The van der Waals surface area contributed by atoms with E-state index in [9.17, 15) is 61.9 Å². The molecule has 0 heterocycles. The van der Waals surface area contributed by atoms with Crippen LogP contribution in [0.1, 0.15) is 10.4 Å². The van der Waals surface area contributed by atoms with Crippen LogP contribution in [0.2, 0.25) is 0 Å². The van der Waals surface area contributed by atoms with Gasteiger partial charge in [-0.2, -0.15) is 4.39 Å². The summed E-state index contributed by atoms with van der Waals surface area (Å²) in [5, 5.41) is 0. The molecular formula is C43H16BF21OS. The molecule has 2 aliphatic carbocycles. The maximum absolute atomic E-state index is 15.4. The van der Waals surface area contributed by atoms with Gasteiger partial charge in [-0.3, -0.25) is 4.79 Å². The summed E-state index contributed by atoms with van der Waals surface area (Å²) < 4.78 is 307. The highest BCUT2D eigenvalue weighted by atomic mass is 32.2. The highest BCUT2D eigenvalue weighted by molar-refractivity contribution is 7.97. The molecule has 0 saturated carbocycles. The largest absolute Gasteiger partial charge is 0.289 e. The van der Waals surface area contributed by atoms with E-state index >= 15 is 35.1 Å². The summed E-state index contributed by atoms with van der Waals surface area (Å²) in [4.78, 5) is 13.2. The first-order valence-corrected chi connectivity index (χ1v) is 19.6. The normalized spacial score (nSPS) is 12.1. The molecule has 24 heteroatoms. The second-order valence-electron chi connectivity index (χ2n) is 13.8. The molecule has 7 rings (SSSR count). The molecule has 0 amide bonds. The molecule has 2 aliphatic rings. The van der Waals surface area contributed by atoms with Gasteiger partial charge in [0.2, 0.25) is 5.78 Å². The molecule has 5 aromatic rings. The molecule has 350 valence electrons. The smallest absolute Gasteiger partial charge is 0.251 e. The number of hydrogen-bond donors (Lipinski definition) is 0. The van der Waals surface area contributed by atoms with Gasteiger partial charge in [0.1, 0.15) is 52.7 Å². The summed E-state index contributed by atoms with van der Waals surface area (Å²) in [5.41, 5.74) is -11.5. The van der Waals surface area contributed by atoms with E-state index in [1.165, 1.54) is 0 Å².